The van der Waals surface area contributed by atoms with Crippen LogP contribution in [0.1, 0.15) is 46.1 Å². The molecule has 1 aromatic rings. The second-order valence-corrected chi connectivity index (χ2v) is 9.02. The number of ether oxygens (including phenoxy) is 1. The smallest absolute Gasteiger partial charge is 0.410 e. The standard InChI is InChI=1S/C20H30N2O3S/c1-15(26-14-16-8-6-5-7-9-16)18(23)21-17-10-12-22(13-11-17)19(24)25-20(2,3)4/h5-9,15,17H,10-14H2,1-4H3,(H,21,23). The van der Waals surface area contributed by atoms with Gasteiger partial charge in [0.1, 0.15) is 5.60 Å². The van der Waals surface area contributed by atoms with E-state index in [-0.39, 0.29) is 23.3 Å². The lowest BCUT2D eigenvalue weighted by Gasteiger charge is -2.34. The lowest BCUT2D eigenvalue weighted by atomic mass is 10.1. The first-order valence-corrected chi connectivity index (χ1v) is 10.2. The highest BCUT2D eigenvalue weighted by Crippen LogP contribution is 2.19. The van der Waals surface area contributed by atoms with Crippen molar-refractivity contribution in [2.75, 3.05) is 13.1 Å². The summed E-state index contributed by atoms with van der Waals surface area (Å²) in [5.74, 6) is 0.897. The first-order valence-electron chi connectivity index (χ1n) is 9.18. The summed E-state index contributed by atoms with van der Waals surface area (Å²) < 4.78 is 5.40. The lowest BCUT2D eigenvalue weighted by Crippen LogP contribution is -2.49. The third kappa shape index (κ3) is 6.90. The predicted octanol–water partition coefficient (Wildman–Crippen LogP) is 3.82. The van der Waals surface area contributed by atoms with E-state index in [1.165, 1.54) is 5.56 Å². The van der Waals surface area contributed by atoms with Gasteiger partial charge in [0.2, 0.25) is 5.91 Å². The summed E-state index contributed by atoms with van der Waals surface area (Å²) in [6.45, 7) is 8.78. The van der Waals surface area contributed by atoms with E-state index in [1.54, 1.807) is 16.7 Å². The van der Waals surface area contributed by atoms with Crippen molar-refractivity contribution in [1.82, 2.24) is 10.2 Å². The quantitative estimate of drug-likeness (QED) is 0.846. The average molecular weight is 379 g/mol. The Hall–Kier alpha value is -1.69. The van der Waals surface area contributed by atoms with Crippen molar-refractivity contribution in [3.63, 3.8) is 0 Å². The van der Waals surface area contributed by atoms with E-state index in [4.69, 9.17) is 4.74 Å². The Morgan fingerprint density at radius 1 is 1.23 bits per heavy atom. The van der Waals surface area contributed by atoms with E-state index in [0.29, 0.717) is 13.1 Å². The zero-order chi connectivity index (χ0) is 19.2. The molecule has 1 aliphatic heterocycles. The van der Waals surface area contributed by atoms with Crippen molar-refractivity contribution in [3.05, 3.63) is 35.9 Å². The molecule has 5 nitrogen and oxygen atoms in total. The van der Waals surface area contributed by atoms with Gasteiger partial charge < -0.3 is 15.0 Å². The van der Waals surface area contributed by atoms with Crippen molar-refractivity contribution in [2.24, 2.45) is 0 Å². The molecule has 1 fully saturated rings. The zero-order valence-electron chi connectivity index (χ0n) is 16.2. The number of amides is 2. The maximum absolute atomic E-state index is 12.4. The van der Waals surface area contributed by atoms with E-state index in [0.717, 1.165) is 18.6 Å². The lowest BCUT2D eigenvalue weighted by molar-refractivity contribution is -0.121. The molecule has 0 saturated carbocycles. The SMILES string of the molecule is CC(SCc1ccccc1)C(=O)NC1CCN(C(=O)OC(C)(C)C)CC1. The van der Waals surface area contributed by atoms with Crippen LogP contribution in [0.4, 0.5) is 4.79 Å². The van der Waals surface area contributed by atoms with Crippen LogP contribution >= 0.6 is 11.8 Å². The van der Waals surface area contributed by atoms with E-state index in [2.05, 4.69) is 17.4 Å². The molecular weight excluding hydrogens is 348 g/mol. The first-order chi connectivity index (χ1) is 12.2. The highest BCUT2D eigenvalue weighted by molar-refractivity contribution is 7.99. The fourth-order valence-electron chi connectivity index (χ4n) is 2.72. The molecule has 1 unspecified atom stereocenters. The summed E-state index contributed by atoms with van der Waals surface area (Å²) >= 11 is 1.64. The molecule has 1 atom stereocenters. The average Bonchev–Trinajstić information content (AvgIpc) is 2.59. The van der Waals surface area contributed by atoms with E-state index >= 15 is 0 Å². The molecule has 1 heterocycles. The van der Waals surface area contributed by atoms with Gasteiger partial charge in [-0.05, 0) is 46.1 Å². The summed E-state index contributed by atoms with van der Waals surface area (Å²) in [6.07, 6.45) is 1.26. The summed E-state index contributed by atoms with van der Waals surface area (Å²) in [5.41, 5.74) is 0.746. The number of likely N-dealkylation sites (tertiary alicyclic amines) is 1. The molecule has 6 heteroatoms. The fourth-order valence-corrected chi connectivity index (χ4v) is 3.58. The second-order valence-electron chi connectivity index (χ2n) is 7.69. The summed E-state index contributed by atoms with van der Waals surface area (Å²) in [5, 5.41) is 3.03. The maximum Gasteiger partial charge on any atom is 0.410 e. The predicted molar refractivity (Wildman–Crippen MR) is 106 cm³/mol. The van der Waals surface area contributed by atoms with Crippen LogP contribution in [0.15, 0.2) is 30.3 Å². The van der Waals surface area contributed by atoms with Crippen LogP contribution in [0.2, 0.25) is 0 Å². The van der Waals surface area contributed by atoms with Crippen LogP contribution in [0.5, 0.6) is 0 Å². The number of hydrogen-bond acceptors (Lipinski definition) is 4. The zero-order valence-corrected chi connectivity index (χ0v) is 17.0. The van der Waals surface area contributed by atoms with Gasteiger partial charge in [-0.2, -0.15) is 0 Å². The number of thioether (sulfide) groups is 1. The number of nitrogens with one attached hydrogen (secondary N) is 1. The molecule has 1 saturated heterocycles. The van der Waals surface area contributed by atoms with Gasteiger partial charge in [0.25, 0.3) is 0 Å². The number of carbonyl (C=O) groups is 2. The Labute approximate surface area is 160 Å². The minimum atomic E-state index is -0.479. The minimum Gasteiger partial charge on any atom is -0.444 e. The van der Waals surface area contributed by atoms with Gasteiger partial charge in [0, 0.05) is 24.9 Å². The number of rotatable bonds is 5. The van der Waals surface area contributed by atoms with E-state index < -0.39 is 5.60 Å². The van der Waals surface area contributed by atoms with Crippen LogP contribution in [-0.2, 0) is 15.3 Å². The van der Waals surface area contributed by atoms with Gasteiger partial charge in [-0.3, -0.25) is 4.79 Å². The summed E-state index contributed by atoms with van der Waals surface area (Å²) in [7, 11) is 0. The second kappa shape index (κ2) is 9.31. The van der Waals surface area contributed by atoms with Gasteiger partial charge in [-0.1, -0.05) is 30.3 Å². The summed E-state index contributed by atoms with van der Waals surface area (Å²) in [4.78, 5) is 26.2. The molecule has 1 aliphatic rings. The number of piperidine rings is 1. The Bertz CT molecular complexity index is 593. The maximum atomic E-state index is 12.4. The molecule has 26 heavy (non-hydrogen) atoms. The number of carbonyl (C=O) groups excluding carboxylic acids is 2. The van der Waals surface area contributed by atoms with Gasteiger partial charge in [-0.15, -0.1) is 11.8 Å². The molecule has 1 N–H and O–H groups in total. The van der Waals surface area contributed by atoms with Crippen molar-refractivity contribution in [3.8, 4) is 0 Å². The fraction of sp³-hybridized carbons (Fsp3) is 0.600. The molecule has 0 radical (unpaired) electrons. The molecule has 2 rings (SSSR count). The summed E-state index contributed by atoms with van der Waals surface area (Å²) in [6, 6.07) is 10.3. The molecule has 1 aromatic carbocycles. The van der Waals surface area contributed by atoms with Crippen molar-refractivity contribution >= 4 is 23.8 Å². The number of hydrogen-bond donors (Lipinski definition) is 1. The third-order valence-electron chi connectivity index (χ3n) is 4.21. The van der Waals surface area contributed by atoms with Crippen LogP contribution in [0.3, 0.4) is 0 Å². The molecule has 0 spiro atoms. The highest BCUT2D eigenvalue weighted by atomic mass is 32.2. The van der Waals surface area contributed by atoms with Crippen LogP contribution in [0.25, 0.3) is 0 Å². The Morgan fingerprint density at radius 3 is 2.42 bits per heavy atom. The topological polar surface area (TPSA) is 58.6 Å². The number of benzene rings is 1. The van der Waals surface area contributed by atoms with Gasteiger partial charge in [0.15, 0.2) is 0 Å². The molecule has 144 valence electrons. The molecule has 0 aliphatic carbocycles. The van der Waals surface area contributed by atoms with Gasteiger partial charge in [-0.25, -0.2) is 4.79 Å². The van der Waals surface area contributed by atoms with Gasteiger partial charge >= 0.3 is 6.09 Å². The normalized spacial score (nSPS) is 16.8. The van der Waals surface area contributed by atoms with E-state index in [9.17, 15) is 9.59 Å². The highest BCUT2D eigenvalue weighted by Gasteiger charge is 2.28. The number of nitrogens with zero attached hydrogens (tertiary/aromatic N) is 1. The van der Waals surface area contributed by atoms with Crippen LogP contribution in [0, 0.1) is 0 Å². The Kier molecular flexibility index (Phi) is 7.38. The van der Waals surface area contributed by atoms with Gasteiger partial charge in [0.05, 0.1) is 5.25 Å². The van der Waals surface area contributed by atoms with Crippen LogP contribution < -0.4 is 5.32 Å². The van der Waals surface area contributed by atoms with Crippen LogP contribution in [-0.4, -0.2) is 46.9 Å². The Balaban J connectivity index is 1.71. The van der Waals surface area contributed by atoms with Crippen molar-refractivity contribution in [2.45, 2.75) is 63.2 Å². The van der Waals surface area contributed by atoms with E-state index in [1.807, 2.05) is 45.9 Å². The molecule has 0 aromatic heterocycles. The first kappa shape index (κ1) is 20.6. The largest absolute Gasteiger partial charge is 0.444 e. The molecule has 0 bridgehead atoms. The van der Waals surface area contributed by atoms with Crippen molar-refractivity contribution < 1.29 is 14.3 Å². The monoisotopic (exact) mass is 378 g/mol. The third-order valence-corrected chi connectivity index (χ3v) is 5.42. The molecular formula is C20H30N2O3S. The van der Waals surface area contributed by atoms with Crippen molar-refractivity contribution in [1.29, 1.82) is 0 Å². The minimum absolute atomic E-state index is 0.0710. The molecule has 2 amide bonds. The Morgan fingerprint density at radius 2 is 1.85 bits per heavy atom.